The highest BCUT2D eigenvalue weighted by molar-refractivity contribution is 6.03. The highest BCUT2D eigenvalue weighted by Crippen LogP contribution is 2.47. The topological polar surface area (TPSA) is 85.4 Å². The van der Waals surface area contributed by atoms with Crippen molar-refractivity contribution in [2.45, 2.75) is 122 Å². The van der Waals surface area contributed by atoms with E-state index in [1.807, 2.05) is 0 Å². The number of benzene rings is 2. The summed E-state index contributed by atoms with van der Waals surface area (Å²) in [6.45, 7) is 19.3. The molecule has 2 aliphatic rings. The molecule has 7 nitrogen and oxygen atoms in total. The molecule has 0 saturated carbocycles. The Morgan fingerprint density at radius 1 is 0.759 bits per heavy atom. The van der Waals surface area contributed by atoms with Crippen molar-refractivity contribution in [1.82, 2.24) is 16.0 Å². The van der Waals surface area contributed by atoms with E-state index in [9.17, 15) is 4.79 Å². The number of unbranched alkanes of at least 4 members (excludes halogenated alkanes) is 5. The molecule has 0 saturated heterocycles. The number of fused-ring (bicyclic) bond motifs is 2. The maximum atomic E-state index is 12.5. The zero-order valence-electron chi connectivity index (χ0n) is 34.5. The lowest BCUT2D eigenvalue weighted by Gasteiger charge is -2.27. The Kier molecular flexibility index (Phi) is 18.2. The number of nitrogens with one attached hydrogen (secondary N) is 3. The number of amides is 1. The Morgan fingerprint density at radius 2 is 1.44 bits per heavy atom. The number of rotatable bonds is 26. The second kappa shape index (κ2) is 22.8. The summed E-state index contributed by atoms with van der Waals surface area (Å²) in [5.74, 6) is 0.178. The fraction of sp³-hybridized carbons (Fsp3) is 0.574. The minimum absolute atomic E-state index is 0.00451. The molecule has 1 amide bonds. The Hall–Kier alpha value is -3.52. The lowest BCUT2D eigenvalue weighted by atomic mass is 9.81. The molecule has 0 radical (unpaired) electrons. The van der Waals surface area contributed by atoms with E-state index >= 15 is 0 Å². The van der Waals surface area contributed by atoms with E-state index in [0.717, 1.165) is 97.3 Å². The summed E-state index contributed by atoms with van der Waals surface area (Å²) in [7, 11) is 0. The minimum Gasteiger partial charge on any atom is -0.356 e. The molecule has 0 atom stereocenters. The molecular formula is C47H73N6O+. The van der Waals surface area contributed by atoms with Crippen molar-refractivity contribution in [2.24, 2.45) is 5.73 Å². The van der Waals surface area contributed by atoms with Crippen molar-refractivity contribution in [2.75, 3.05) is 57.3 Å². The maximum Gasteiger partial charge on any atom is 0.219 e. The summed E-state index contributed by atoms with van der Waals surface area (Å²) in [6, 6.07) is 17.8. The highest BCUT2D eigenvalue weighted by atomic mass is 16.1. The zero-order chi connectivity index (χ0) is 38.7. The van der Waals surface area contributed by atoms with Crippen LogP contribution >= 0.6 is 0 Å². The van der Waals surface area contributed by atoms with Crippen LogP contribution in [0.15, 0.2) is 84.6 Å². The summed E-state index contributed by atoms with van der Waals surface area (Å²) in [5, 5.41) is 10.0. The van der Waals surface area contributed by atoms with Gasteiger partial charge in [-0.2, -0.15) is 4.58 Å². The molecule has 54 heavy (non-hydrogen) atoms. The smallest absolute Gasteiger partial charge is 0.219 e. The Balaban J connectivity index is 1.20. The molecule has 0 aliphatic carbocycles. The lowest BCUT2D eigenvalue weighted by Crippen LogP contribution is -2.28. The van der Waals surface area contributed by atoms with Crippen LogP contribution in [0.2, 0.25) is 0 Å². The molecule has 2 aromatic rings. The van der Waals surface area contributed by atoms with Gasteiger partial charge in [-0.25, -0.2) is 0 Å². The zero-order valence-corrected chi connectivity index (χ0v) is 34.5. The number of allylic oxidation sites excluding steroid dienone is 6. The Morgan fingerprint density at radius 3 is 2.20 bits per heavy atom. The van der Waals surface area contributed by atoms with Crippen molar-refractivity contribution < 1.29 is 9.37 Å². The van der Waals surface area contributed by atoms with E-state index in [0.29, 0.717) is 6.42 Å². The van der Waals surface area contributed by atoms with Crippen LogP contribution in [-0.2, 0) is 15.6 Å². The van der Waals surface area contributed by atoms with Crippen molar-refractivity contribution >= 4 is 23.0 Å². The maximum absolute atomic E-state index is 12.5. The minimum atomic E-state index is -0.0469. The van der Waals surface area contributed by atoms with Gasteiger partial charge in [-0.3, -0.25) is 4.79 Å². The molecule has 0 fully saturated rings. The monoisotopic (exact) mass is 738 g/mol. The van der Waals surface area contributed by atoms with Crippen LogP contribution in [0, 0.1) is 0 Å². The molecule has 2 aromatic carbocycles. The predicted molar refractivity (Wildman–Crippen MR) is 231 cm³/mol. The molecule has 7 heteroatoms. The van der Waals surface area contributed by atoms with Gasteiger partial charge in [0.1, 0.15) is 6.54 Å². The number of anilines is 1. The van der Waals surface area contributed by atoms with Crippen LogP contribution < -0.4 is 26.6 Å². The van der Waals surface area contributed by atoms with E-state index in [1.54, 1.807) is 0 Å². The lowest BCUT2D eigenvalue weighted by molar-refractivity contribution is -0.438. The third-order valence-corrected chi connectivity index (χ3v) is 11.2. The molecule has 2 aliphatic heterocycles. The van der Waals surface area contributed by atoms with Gasteiger partial charge in [0.05, 0.1) is 5.41 Å². The first-order chi connectivity index (χ1) is 26.2. The second-order valence-corrected chi connectivity index (χ2v) is 16.1. The van der Waals surface area contributed by atoms with Crippen LogP contribution in [0.25, 0.3) is 0 Å². The van der Waals surface area contributed by atoms with Crippen LogP contribution in [0.1, 0.15) is 123 Å². The Bertz CT molecular complexity index is 1570. The van der Waals surface area contributed by atoms with Gasteiger partial charge in [0, 0.05) is 60.4 Å². The highest BCUT2D eigenvalue weighted by Gasteiger charge is 2.43. The average molecular weight is 738 g/mol. The molecule has 0 bridgehead atoms. The van der Waals surface area contributed by atoms with Crippen molar-refractivity contribution in [3.05, 3.63) is 95.7 Å². The number of carbonyl (C=O) groups is 1. The number of nitrogens with two attached hydrogens (primary N) is 1. The van der Waals surface area contributed by atoms with E-state index in [-0.39, 0.29) is 16.7 Å². The normalized spacial score (nSPS) is 16.6. The first kappa shape index (κ1) is 43.2. The number of nitrogens with zero attached hydrogens (tertiary/aromatic N) is 2. The first-order valence-corrected chi connectivity index (χ1v) is 21.3. The van der Waals surface area contributed by atoms with Gasteiger partial charge in [-0.05, 0) is 122 Å². The molecule has 296 valence electrons. The number of hydrogen-bond acceptors (Lipinski definition) is 5. The molecule has 0 aromatic heterocycles. The number of para-hydroxylation sites is 2. The van der Waals surface area contributed by atoms with Crippen LogP contribution in [0.5, 0.6) is 0 Å². The molecule has 0 unspecified atom stereocenters. The average Bonchev–Trinajstić information content (AvgIpc) is 3.51. The van der Waals surface area contributed by atoms with Crippen molar-refractivity contribution in [3.8, 4) is 0 Å². The molecule has 2 heterocycles. The number of carbonyl (C=O) groups excluding carboxylic acids is 1. The van der Waals surface area contributed by atoms with E-state index in [1.165, 1.54) is 59.6 Å². The van der Waals surface area contributed by atoms with Crippen LogP contribution in [-0.4, -0.2) is 68.6 Å². The molecular weight excluding hydrogens is 665 g/mol. The van der Waals surface area contributed by atoms with E-state index < -0.39 is 0 Å². The van der Waals surface area contributed by atoms with Gasteiger partial charge in [-0.1, -0.05) is 81.8 Å². The molecule has 5 N–H and O–H groups in total. The van der Waals surface area contributed by atoms with Crippen LogP contribution in [0.3, 0.4) is 0 Å². The van der Waals surface area contributed by atoms with Gasteiger partial charge in [-0.15, -0.1) is 0 Å². The largest absolute Gasteiger partial charge is 0.356 e. The SMILES string of the molecule is CCCCN1C(=CC=CCCC=CC2=[N+](CCCCCC(=O)NCCCNCCCCNCCCN)c3ccccc3C2(C)C)C(C)(C)c2ccccc21. The van der Waals surface area contributed by atoms with Crippen molar-refractivity contribution in [1.29, 1.82) is 0 Å². The second-order valence-electron chi connectivity index (χ2n) is 16.1. The van der Waals surface area contributed by atoms with Gasteiger partial charge >= 0.3 is 0 Å². The third-order valence-electron chi connectivity index (χ3n) is 11.2. The molecule has 0 spiro atoms. The first-order valence-electron chi connectivity index (χ1n) is 21.3. The van der Waals surface area contributed by atoms with Crippen LogP contribution in [0.4, 0.5) is 11.4 Å². The summed E-state index contributed by atoms with van der Waals surface area (Å²) in [4.78, 5) is 15.0. The fourth-order valence-electron chi connectivity index (χ4n) is 7.96. The van der Waals surface area contributed by atoms with E-state index in [4.69, 9.17) is 5.73 Å². The van der Waals surface area contributed by atoms with Gasteiger partial charge < -0.3 is 26.6 Å². The summed E-state index contributed by atoms with van der Waals surface area (Å²) < 4.78 is 2.53. The van der Waals surface area contributed by atoms with Gasteiger partial charge in [0.25, 0.3) is 0 Å². The summed E-state index contributed by atoms with van der Waals surface area (Å²) in [6.07, 6.45) is 24.1. The quantitative estimate of drug-likeness (QED) is 0.0573. The summed E-state index contributed by atoms with van der Waals surface area (Å²) >= 11 is 0. The van der Waals surface area contributed by atoms with E-state index in [2.05, 4.69) is 139 Å². The van der Waals surface area contributed by atoms with Gasteiger partial charge in [0.15, 0.2) is 5.71 Å². The standard InChI is InChI=1S/C47H72N6O/c1-6-7-37-52-41-26-17-15-24-39(41)46(2,3)43(52)28-12-9-8-10-13-29-44-47(4,5)40-25-16-18-27-42(40)53(44)38-21-11-14-30-45(54)51-36-23-35-50-33-20-19-32-49-34-22-31-48/h9,12-13,15-18,24-29,49-50H,6-8,10-11,14,19-23,30-38,48H2,1-5H3/p+1. The fourth-order valence-corrected chi connectivity index (χ4v) is 7.96. The van der Waals surface area contributed by atoms with Crippen molar-refractivity contribution in [3.63, 3.8) is 0 Å². The molecule has 4 rings (SSSR count). The number of hydrogen-bond donors (Lipinski definition) is 4. The third kappa shape index (κ3) is 12.2. The Labute approximate surface area is 328 Å². The predicted octanol–water partition coefficient (Wildman–Crippen LogP) is 8.81. The summed E-state index contributed by atoms with van der Waals surface area (Å²) in [5.41, 5.74) is 13.8. The van der Waals surface area contributed by atoms with Gasteiger partial charge in [0.2, 0.25) is 11.6 Å².